The van der Waals surface area contributed by atoms with E-state index in [4.69, 9.17) is 9.47 Å². The molecule has 0 aromatic heterocycles. The average molecular weight is 386 g/mol. The van der Waals surface area contributed by atoms with Crippen LogP contribution in [0.25, 0.3) is 0 Å². The van der Waals surface area contributed by atoms with Crippen molar-refractivity contribution in [1.29, 1.82) is 0 Å². The van der Waals surface area contributed by atoms with Gasteiger partial charge in [-0.2, -0.15) is 4.39 Å². The van der Waals surface area contributed by atoms with Crippen molar-refractivity contribution in [3.8, 4) is 11.5 Å². The van der Waals surface area contributed by atoms with Gasteiger partial charge in [-0.3, -0.25) is 0 Å². The summed E-state index contributed by atoms with van der Waals surface area (Å²) in [5, 5.41) is 0. The Morgan fingerprint density at radius 1 is 0.964 bits per heavy atom. The summed E-state index contributed by atoms with van der Waals surface area (Å²) >= 11 is 0. The maximum absolute atomic E-state index is 14.4. The molecule has 0 N–H and O–H groups in total. The summed E-state index contributed by atoms with van der Waals surface area (Å²) in [6.45, 7) is 2.09. The molecule has 0 bridgehead atoms. The van der Waals surface area contributed by atoms with E-state index in [9.17, 15) is 8.78 Å². The van der Waals surface area contributed by atoms with Crippen LogP contribution in [0, 0.1) is 17.6 Å². The number of benzene rings is 2. The fraction of sp³-hybridized carbons (Fsp3) is 0.417. The molecule has 0 aliphatic heterocycles. The fourth-order valence-corrected chi connectivity index (χ4v) is 3.53. The SMILES string of the molecule is CCCc1ccc(OCc2ccc(O/C=C\C3CCCCC3)c(F)c2F)cc1. The van der Waals surface area contributed by atoms with E-state index in [0.717, 1.165) is 25.7 Å². The largest absolute Gasteiger partial charge is 0.489 e. The number of hydrogen-bond donors (Lipinski definition) is 0. The Morgan fingerprint density at radius 2 is 1.71 bits per heavy atom. The Bertz CT molecular complexity index is 778. The molecule has 0 amide bonds. The van der Waals surface area contributed by atoms with Gasteiger partial charge in [0.1, 0.15) is 12.4 Å². The van der Waals surface area contributed by atoms with Gasteiger partial charge in [-0.25, -0.2) is 4.39 Å². The lowest BCUT2D eigenvalue weighted by atomic mass is 9.89. The maximum atomic E-state index is 14.4. The topological polar surface area (TPSA) is 18.5 Å². The smallest absolute Gasteiger partial charge is 0.201 e. The van der Waals surface area contributed by atoms with Gasteiger partial charge in [-0.05, 0) is 61.1 Å². The van der Waals surface area contributed by atoms with Gasteiger partial charge in [0.05, 0.1) is 6.26 Å². The molecule has 150 valence electrons. The number of rotatable bonds is 8. The quantitative estimate of drug-likeness (QED) is 0.456. The predicted octanol–water partition coefficient (Wildman–Crippen LogP) is 6.97. The predicted molar refractivity (Wildman–Crippen MR) is 107 cm³/mol. The van der Waals surface area contributed by atoms with Crippen LogP contribution in [0.3, 0.4) is 0 Å². The van der Waals surface area contributed by atoms with E-state index in [1.165, 1.54) is 43.2 Å². The number of allylic oxidation sites excluding steroid dienone is 1. The van der Waals surface area contributed by atoms with Crippen molar-refractivity contribution >= 4 is 0 Å². The molecular weight excluding hydrogens is 358 g/mol. The second-order valence-electron chi connectivity index (χ2n) is 7.38. The van der Waals surface area contributed by atoms with Crippen molar-refractivity contribution in [2.24, 2.45) is 5.92 Å². The summed E-state index contributed by atoms with van der Waals surface area (Å²) in [6, 6.07) is 10.6. The summed E-state index contributed by atoms with van der Waals surface area (Å²) in [5.41, 5.74) is 1.40. The minimum atomic E-state index is -0.979. The first kappa shape index (κ1) is 20.4. The molecule has 0 atom stereocenters. The molecule has 0 heterocycles. The van der Waals surface area contributed by atoms with Gasteiger partial charge >= 0.3 is 0 Å². The van der Waals surface area contributed by atoms with Gasteiger partial charge in [0.25, 0.3) is 0 Å². The summed E-state index contributed by atoms with van der Waals surface area (Å²) in [4.78, 5) is 0. The first-order valence-corrected chi connectivity index (χ1v) is 10.2. The molecule has 1 saturated carbocycles. The standard InChI is InChI=1S/C24H28F2O2/c1-2-6-18-9-12-21(13-10-18)28-17-20-11-14-22(24(26)23(20)25)27-16-15-19-7-4-3-5-8-19/h9-16,19H,2-8,17H2,1H3/b16-15-. The third kappa shape index (κ3) is 5.57. The Balaban J connectivity index is 1.57. The third-order valence-corrected chi connectivity index (χ3v) is 5.18. The molecule has 4 heteroatoms. The molecule has 0 spiro atoms. The van der Waals surface area contributed by atoms with Gasteiger partial charge in [0, 0.05) is 5.56 Å². The molecule has 1 aliphatic rings. The summed E-state index contributed by atoms with van der Waals surface area (Å²) in [7, 11) is 0. The zero-order valence-electron chi connectivity index (χ0n) is 16.4. The highest BCUT2D eigenvalue weighted by molar-refractivity contribution is 5.32. The van der Waals surface area contributed by atoms with Crippen LogP contribution in [0.2, 0.25) is 0 Å². The van der Waals surface area contributed by atoms with Crippen molar-refractivity contribution in [2.45, 2.75) is 58.5 Å². The van der Waals surface area contributed by atoms with Gasteiger partial charge in [0.2, 0.25) is 5.82 Å². The second-order valence-corrected chi connectivity index (χ2v) is 7.38. The number of halogens is 2. The Labute approximate surface area is 166 Å². The average Bonchev–Trinajstić information content (AvgIpc) is 2.73. The first-order valence-electron chi connectivity index (χ1n) is 10.2. The Hall–Kier alpha value is -2.36. The maximum Gasteiger partial charge on any atom is 0.201 e. The number of hydrogen-bond acceptors (Lipinski definition) is 2. The van der Waals surface area contributed by atoms with E-state index in [1.807, 2.05) is 30.3 Å². The minimum absolute atomic E-state index is 0.0337. The highest BCUT2D eigenvalue weighted by atomic mass is 19.2. The van der Waals surface area contributed by atoms with Gasteiger partial charge in [0.15, 0.2) is 11.6 Å². The molecule has 3 rings (SSSR count). The summed E-state index contributed by atoms with van der Waals surface area (Å²) in [6.07, 6.45) is 11.5. The summed E-state index contributed by atoms with van der Waals surface area (Å²) < 4.78 is 39.6. The Morgan fingerprint density at radius 3 is 2.43 bits per heavy atom. The van der Waals surface area contributed by atoms with E-state index in [1.54, 1.807) is 0 Å². The lowest BCUT2D eigenvalue weighted by Crippen LogP contribution is -2.04. The lowest BCUT2D eigenvalue weighted by molar-refractivity contribution is 0.295. The zero-order chi connectivity index (χ0) is 19.8. The molecule has 2 nitrogen and oxygen atoms in total. The van der Waals surface area contributed by atoms with E-state index in [2.05, 4.69) is 6.92 Å². The van der Waals surface area contributed by atoms with Crippen LogP contribution >= 0.6 is 0 Å². The van der Waals surface area contributed by atoms with E-state index in [0.29, 0.717) is 11.7 Å². The molecular formula is C24H28F2O2. The highest BCUT2D eigenvalue weighted by Gasteiger charge is 2.15. The second kappa shape index (κ2) is 10.3. The van der Waals surface area contributed by atoms with Crippen LogP contribution in [-0.4, -0.2) is 0 Å². The molecule has 0 saturated heterocycles. The van der Waals surface area contributed by atoms with Crippen molar-refractivity contribution in [3.05, 3.63) is 71.5 Å². The minimum Gasteiger partial charge on any atom is -0.489 e. The van der Waals surface area contributed by atoms with Crippen LogP contribution < -0.4 is 9.47 Å². The molecule has 28 heavy (non-hydrogen) atoms. The van der Waals surface area contributed by atoms with Gasteiger partial charge in [-0.1, -0.05) is 44.7 Å². The number of aryl methyl sites for hydroxylation is 1. The molecule has 2 aromatic carbocycles. The van der Waals surface area contributed by atoms with Gasteiger partial charge in [-0.15, -0.1) is 0 Å². The summed E-state index contributed by atoms with van der Waals surface area (Å²) in [5.74, 6) is -0.899. The monoisotopic (exact) mass is 386 g/mol. The van der Waals surface area contributed by atoms with Crippen LogP contribution in [0.15, 0.2) is 48.7 Å². The van der Waals surface area contributed by atoms with Crippen LogP contribution in [-0.2, 0) is 13.0 Å². The molecule has 2 aromatic rings. The highest BCUT2D eigenvalue weighted by Crippen LogP contribution is 2.27. The van der Waals surface area contributed by atoms with Gasteiger partial charge < -0.3 is 9.47 Å². The third-order valence-electron chi connectivity index (χ3n) is 5.18. The zero-order valence-corrected chi connectivity index (χ0v) is 16.4. The van der Waals surface area contributed by atoms with E-state index < -0.39 is 11.6 Å². The molecule has 1 fully saturated rings. The normalized spacial score (nSPS) is 15.1. The molecule has 0 unspecified atom stereocenters. The fourth-order valence-electron chi connectivity index (χ4n) is 3.53. The van der Waals surface area contributed by atoms with Crippen molar-refractivity contribution < 1.29 is 18.3 Å². The Kier molecular flexibility index (Phi) is 7.46. The molecule has 1 aliphatic carbocycles. The van der Waals surface area contributed by atoms with Crippen molar-refractivity contribution in [2.75, 3.05) is 0 Å². The van der Waals surface area contributed by atoms with Crippen LogP contribution in [0.4, 0.5) is 8.78 Å². The van der Waals surface area contributed by atoms with Crippen LogP contribution in [0.1, 0.15) is 56.6 Å². The number of ether oxygens (including phenoxy) is 2. The lowest BCUT2D eigenvalue weighted by Gasteiger charge is -2.17. The molecule has 0 radical (unpaired) electrons. The van der Waals surface area contributed by atoms with E-state index in [-0.39, 0.29) is 17.9 Å². The van der Waals surface area contributed by atoms with Crippen molar-refractivity contribution in [1.82, 2.24) is 0 Å². The first-order chi connectivity index (χ1) is 13.7. The van der Waals surface area contributed by atoms with Crippen molar-refractivity contribution in [3.63, 3.8) is 0 Å². The van der Waals surface area contributed by atoms with Crippen LogP contribution in [0.5, 0.6) is 11.5 Å². The van der Waals surface area contributed by atoms with E-state index >= 15 is 0 Å².